The van der Waals surface area contributed by atoms with Crippen LogP contribution in [0.25, 0.3) is 5.76 Å². The number of nitrogens with two attached hydrogens (primary N) is 1. The first-order valence-corrected chi connectivity index (χ1v) is 10.2. The van der Waals surface area contributed by atoms with E-state index in [4.69, 9.17) is 19.9 Å². The maximum atomic E-state index is 13.7. The standard InChI is InChI=1S/C24H22N2O6/c1-3-30-21(27)17-19(14-10-6-5-7-11-14)32-20(25)18(22(28)31-4-2)24(17)15-12-8-9-13-16(15)26-23(24)29/h5-13H,3-4,25H2,1-2H3,(H,26,29)/t24-/m0/s1. The van der Waals surface area contributed by atoms with Gasteiger partial charge in [-0.3, -0.25) is 4.79 Å². The van der Waals surface area contributed by atoms with Crippen LogP contribution in [-0.2, 0) is 34.0 Å². The summed E-state index contributed by atoms with van der Waals surface area (Å²) in [7, 11) is 0. The average molecular weight is 434 g/mol. The second-order valence-electron chi connectivity index (χ2n) is 7.10. The van der Waals surface area contributed by atoms with Gasteiger partial charge in [0.2, 0.25) is 11.8 Å². The molecular weight excluding hydrogens is 412 g/mol. The first-order valence-electron chi connectivity index (χ1n) is 10.2. The Kier molecular flexibility index (Phi) is 5.44. The summed E-state index contributed by atoms with van der Waals surface area (Å²) in [6.07, 6.45) is 0. The maximum absolute atomic E-state index is 13.7. The minimum absolute atomic E-state index is 0.0406. The Balaban J connectivity index is 2.12. The lowest BCUT2D eigenvalue weighted by molar-refractivity contribution is -0.142. The molecule has 8 heteroatoms. The van der Waals surface area contributed by atoms with Crippen LogP contribution in [0.1, 0.15) is 25.0 Å². The molecule has 1 amide bonds. The van der Waals surface area contributed by atoms with Crippen molar-refractivity contribution in [2.45, 2.75) is 19.3 Å². The van der Waals surface area contributed by atoms with E-state index >= 15 is 0 Å². The van der Waals surface area contributed by atoms with Gasteiger partial charge in [0.25, 0.3) is 0 Å². The third-order valence-corrected chi connectivity index (χ3v) is 5.35. The highest BCUT2D eigenvalue weighted by molar-refractivity contribution is 6.23. The van der Waals surface area contributed by atoms with Crippen molar-refractivity contribution in [2.75, 3.05) is 18.5 Å². The van der Waals surface area contributed by atoms with Crippen molar-refractivity contribution >= 4 is 29.3 Å². The largest absolute Gasteiger partial charge is 0.462 e. The molecule has 0 fully saturated rings. The molecule has 3 N–H and O–H groups in total. The molecule has 8 nitrogen and oxygen atoms in total. The zero-order valence-electron chi connectivity index (χ0n) is 17.6. The molecule has 2 aliphatic heterocycles. The Labute approximate surface area is 184 Å². The molecular formula is C24H22N2O6. The minimum Gasteiger partial charge on any atom is -0.462 e. The van der Waals surface area contributed by atoms with Crippen LogP contribution in [0, 0.1) is 0 Å². The third-order valence-electron chi connectivity index (χ3n) is 5.35. The second-order valence-corrected chi connectivity index (χ2v) is 7.10. The zero-order valence-corrected chi connectivity index (χ0v) is 17.6. The predicted octanol–water partition coefficient (Wildman–Crippen LogP) is 2.61. The molecule has 0 aliphatic carbocycles. The van der Waals surface area contributed by atoms with Crippen molar-refractivity contribution in [3.8, 4) is 0 Å². The van der Waals surface area contributed by atoms with Crippen LogP contribution in [0.3, 0.4) is 0 Å². The number of hydrogen-bond acceptors (Lipinski definition) is 7. The van der Waals surface area contributed by atoms with E-state index < -0.39 is 23.3 Å². The molecule has 4 rings (SSSR count). The van der Waals surface area contributed by atoms with Crippen LogP contribution < -0.4 is 11.1 Å². The van der Waals surface area contributed by atoms with E-state index in [9.17, 15) is 14.4 Å². The Morgan fingerprint density at radius 3 is 2.19 bits per heavy atom. The summed E-state index contributed by atoms with van der Waals surface area (Å²) in [6, 6.07) is 15.5. The highest BCUT2D eigenvalue weighted by atomic mass is 16.5. The molecule has 164 valence electrons. The number of para-hydroxylation sites is 1. The monoisotopic (exact) mass is 434 g/mol. The number of amides is 1. The molecule has 2 aliphatic rings. The van der Waals surface area contributed by atoms with Crippen molar-refractivity contribution < 1.29 is 28.6 Å². The number of carbonyl (C=O) groups is 3. The van der Waals surface area contributed by atoms with Gasteiger partial charge < -0.3 is 25.3 Å². The van der Waals surface area contributed by atoms with Crippen LogP contribution in [-0.4, -0.2) is 31.1 Å². The number of hydrogen-bond donors (Lipinski definition) is 2. The lowest BCUT2D eigenvalue weighted by atomic mass is 9.67. The van der Waals surface area contributed by atoms with E-state index in [1.807, 2.05) is 0 Å². The first-order chi connectivity index (χ1) is 15.5. The topological polar surface area (TPSA) is 117 Å². The van der Waals surface area contributed by atoms with Gasteiger partial charge in [0.15, 0.2) is 0 Å². The molecule has 32 heavy (non-hydrogen) atoms. The highest BCUT2D eigenvalue weighted by Gasteiger charge is 2.62. The molecule has 1 atom stereocenters. The fourth-order valence-corrected chi connectivity index (χ4v) is 4.14. The summed E-state index contributed by atoms with van der Waals surface area (Å²) < 4.78 is 16.4. The third kappa shape index (κ3) is 3.03. The van der Waals surface area contributed by atoms with Crippen LogP contribution in [0.2, 0.25) is 0 Å². The van der Waals surface area contributed by atoms with Gasteiger partial charge in [-0.2, -0.15) is 0 Å². The lowest BCUT2D eigenvalue weighted by Gasteiger charge is -2.36. The Morgan fingerprint density at radius 2 is 1.53 bits per heavy atom. The number of anilines is 1. The SMILES string of the molecule is CCOC(=O)C1=C(N)OC(c2ccccc2)=C(C(=O)OCC)[C@]12C(=O)Nc1ccccc12. The summed E-state index contributed by atoms with van der Waals surface area (Å²) >= 11 is 0. The summed E-state index contributed by atoms with van der Waals surface area (Å²) in [5.74, 6) is -2.55. The Hall–Kier alpha value is -4.07. The summed E-state index contributed by atoms with van der Waals surface area (Å²) in [4.78, 5) is 40.1. The van der Waals surface area contributed by atoms with Crippen LogP contribution in [0.4, 0.5) is 5.69 Å². The smallest absolute Gasteiger partial charge is 0.341 e. The molecule has 1 spiro atoms. The zero-order chi connectivity index (χ0) is 22.9. The number of carbonyl (C=O) groups excluding carboxylic acids is 3. The number of fused-ring (bicyclic) bond motifs is 2. The molecule has 0 saturated carbocycles. The normalized spacial score (nSPS) is 19.4. The molecule has 0 saturated heterocycles. The second kappa shape index (κ2) is 8.22. The molecule has 2 heterocycles. The van der Waals surface area contributed by atoms with Crippen LogP contribution in [0.15, 0.2) is 71.6 Å². The fourth-order valence-electron chi connectivity index (χ4n) is 4.14. The van der Waals surface area contributed by atoms with E-state index in [2.05, 4.69) is 5.32 Å². The number of ether oxygens (including phenoxy) is 3. The van der Waals surface area contributed by atoms with E-state index in [0.717, 1.165) is 0 Å². The van der Waals surface area contributed by atoms with Crippen molar-refractivity contribution in [1.29, 1.82) is 0 Å². The van der Waals surface area contributed by atoms with E-state index in [1.165, 1.54) is 0 Å². The Morgan fingerprint density at radius 1 is 0.938 bits per heavy atom. The number of nitrogens with one attached hydrogen (secondary N) is 1. The molecule has 2 aromatic carbocycles. The minimum atomic E-state index is -1.90. The maximum Gasteiger partial charge on any atom is 0.341 e. The fraction of sp³-hybridized carbons (Fsp3) is 0.208. The lowest BCUT2D eigenvalue weighted by Crippen LogP contribution is -2.48. The average Bonchev–Trinajstić information content (AvgIpc) is 3.06. The summed E-state index contributed by atoms with van der Waals surface area (Å²) in [5, 5.41) is 2.77. The van der Waals surface area contributed by atoms with Crippen molar-refractivity contribution in [1.82, 2.24) is 0 Å². The van der Waals surface area contributed by atoms with E-state index in [1.54, 1.807) is 68.4 Å². The molecule has 2 aromatic rings. The molecule has 0 bridgehead atoms. The van der Waals surface area contributed by atoms with Crippen molar-refractivity contribution in [2.24, 2.45) is 5.73 Å². The van der Waals surface area contributed by atoms with Crippen molar-refractivity contribution in [3.63, 3.8) is 0 Å². The van der Waals surface area contributed by atoms with E-state index in [-0.39, 0.29) is 36.0 Å². The van der Waals surface area contributed by atoms with Gasteiger partial charge in [0.1, 0.15) is 22.3 Å². The summed E-state index contributed by atoms with van der Waals surface area (Å²) in [6.45, 7) is 3.37. The molecule has 0 aromatic heterocycles. The van der Waals surface area contributed by atoms with Gasteiger partial charge in [0.05, 0.1) is 13.2 Å². The predicted molar refractivity (Wildman–Crippen MR) is 116 cm³/mol. The molecule has 0 unspecified atom stereocenters. The van der Waals surface area contributed by atoms with Gasteiger partial charge >= 0.3 is 11.9 Å². The number of esters is 2. The van der Waals surface area contributed by atoms with Crippen LogP contribution >= 0.6 is 0 Å². The van der Waals surface area contributed by atoms with Gasteiger partial charge in [-0.05, 0) is 19.9 Å². The summed E-state index contributed by atoms with van der Waals surface area (Å²) in [5.41, 5.74) is 5.28. The molecule has 0 radical (unpaired) electrons. The highest BCUT2D eigenvalue weighted by Crippen LogP contribution is 2.53. The number of benzene rings is 2. The van der Waals surface area contributed by atoms with Gasteiger partial charge in [-0.15, -0.1) is 0 Å². The van der Waals surface area contributed by atoms with Gasteiger partial charge in [0, 0.05) is 16.8 Å². The first kappa shape index (κ1) is 21.2. The quantitative estimate of drug-likeness (QED) is 0.695. The van der Waals surface area contributed by atoms with Gasteiger partial charge in [-0.1, -0.05) is 48.5 Å². The van der Waals surface area contributed by atoms with Crippen LogP contribution in [0.5, 0.6) is 0 Å². The Bertz CT molecular complexity index is 1170. The van der Waals surface area contributed by atoms with E-state index in [0.29, 0.717) is 16.8 Å². The van der Waals surface area contributed by atoms with Gasteiger partial charge in [-0.25, -0.2) is 9.59 Å². The van der Waals surface area contributed by atoms with Crippen molar-refractivity contribution in [3.05, 3.63) is 82.8 Å². The number of rotatable bonds is 5.